The molecule has 2 fully saturated rings. The van der Waals surface area contributed by atoms with Crippen molar-refractivity contribution >= 4 is 17.7 Å². The molecule has 1 amide bonds. The van der Waals surface area contributed by atoms with Crippen molar-refractivity contribution in [1.29, 1.82) is 0 Å². The number of nitrogens with zero attached hydrogens (tertiary/aromatic N) is 2. The zero-order valence-electron chi connectivity index (χ0n) is 16.2. The van der Waals surface area contributed by atoms with Crippen LogP contribution in [0.1, 0.15) is 68.6 Å². The topological polar surface area (TPSA) is 122 Å². The van der Waals surface area contributed by atoms with E-state index in [9.17, 15) is 9.90 Å². The highest BCUT2D eigenvalue weighted by atomic mass is 16.5. The first-order valence-corrected chi connectivity index (χ1v) is 9.81. The average molecular weight is 377 g/mol. The van der Waals surface area contributed by atoms with Gasteiger partial charge in [-0.1, -0.05) is 0 Å². The van der Waals surface area contributed by atoms with Gasteiger partial charge in [0.25, 0.3) is 5.91 Å². The number of amides is 1. The second-order valence-electron chi connectivity index (χ2n) is 8.10. The van der Waals surface area contributed by atoms with E-state index in [1.54, 1.807) is 7.11 Å². The minimum Gasteiger partial charge on any atom is -0.393 e. The van der Waals surface area contributed by atoms with Crippen molar-refractivity contribution in [1.82, 2.24) is 9.97 Å². The summed E-state index contributed by atoms with van der Waals surface area (Å²) in [6.45, 7) is 2.16. The first-order valence-electron chi connectivity index (χ1n) is 9.81. The monoisotopic (exact) mass is 377 g/mol. The van der Waals surface area contributed by atoms with E-state index in [0.717, 1.165) is 44.9 Å². The number of nitrogens with two attached hydrogens (primary N) is 1. The van der Waals surface area contributed by atoms with Crippen molar-refractivity contribution in [3.05, 3.63) is 11.8 Å². The number of hydrogen-bond acceptors (Lipinski definition) is 7. The minimum atomic E-state index is -0.563. The van der Waals surface area contributed by atoms with E-state index in [4.69, 9.17) is 10.5 Å². The van der Waals surface area contributed by atoms with Crippen LogP contribution in [0, 0.1) is 0 Å². The van der Waals surface area contributed by atoms with Crippen molar-refractivity contribution in [3.63, 3.8) is 0 Å². The van der Waals surface area contributed by atoms with E-state index in [2.05, 4.69) is 27.5 Å². The fourth-order valence-electron chi connectivity index (χ4n) is 4.08. The zero-order valence-corrected chi connectivity index (χ0v) is 16.2. The number of methoxy groups -OCH3 is 1. The van der Waals surface area contributed by atoms with Gasteiger partial charge in [-0.15, -0.1) is 0 Å². The van der Waals surface area contributed by atoms with Crippen LogP contribution in [-0.2, 0) is 4.74 Å². The Morgan fingerprint density at radius 1 is 1.33 bits per heavy atom. The van der Waals surface area contributed by atoms with Crippen molar-refractivity contribution < 1.29 is 14.6 Å². The molecule has 0 aromatic carbocycles. The molecule has 2 atom stereocenters. The summed E-state index contributed by atoms with van der Waals surface area (Å²) >= 11 is 0. The number of aliphatic hydroxyl groups excluding tert-OH is 1. The molecular weight excluding hydrogens is 346 g/mol. The fraction of sp³-hybridized carbons (Fsp3) is 0.737. The molecule has 0 saturated heterocycles. The lowest BCUT2D eigenvalue weighted by molar-refractivity contribution is 0.0563. The Kier molecular flexibility index (Phi) is 6.16. The summed E-state index contributed by atoms with van der Waals surface area (Å²) in [5.74, 6) is 0.359. The Bertz CT molecular complexity index is 661. The second kappa shape index (κ2) is 8.39. The van der Waals surface area contributed by atoms with Crippen LogP contribution in [0.15, 0.2) is 6.20 Å². The van der Waals surface area contributed by atoms with Gasteiger partial charge < -0.3 is 26.2 Å². The van der Waals surface area contributed by atoms with Crippen LogP contribution in [0.25, 0.3) is 0 Å². The van der Waals surface area contributed by atoms with Crippen LogP contribution in [0.3, 0.4) is 0 Å². The first-order chi connectivity index (χ1) is 12.9. The van der Waals surface area contributed by atoms with Crippen molar-refractivity contribution in [2.45, 2.75) is 82.1 Å². The van der Waals surface area contributed by atoms with E-state index >= 15 is 0 Å². The van der Waals surface area contributed by atoms with Gasteiger partial charge in [0.05, 0.1) is 17.8 Å². The molecule has 0 radical (unpaired) electrons. The molecule has 5 N–H and O–H groups in total. The highest BCUT2D eigenvalue weighted by Gasteiger charge is 2.32. The number of primary amides is 1. The van der Waals surface area contributed by atoms with E-state index in [-0.39, 0.29) is 23.2 Å². The standard InChI is InChI=1S/C19H31N5O3/c1-19(8-6-14(27-2)7-9-19)24-18-21-11-15(16(20)26)17(23-18)22-12-4-3-5-13(25)10-12/h11-14,25H,3-10H2,1-2H3,(H2,20,26)(H2,21,22,23,24)/t12?,13-,14-,19-/m0/s1. The molecule has 8 nitrogen and oxygen atoms in total. The minimum absolute atomic E-state index is 0.0716. The van der Waals surface area contributed by atoms with E-state index in [1.165, 1.54) is 6.20 Å². The van der Waals surface area contributed by atoms with Crippen LogP contribution in [0.2, 0.25) is 0 Å². The predicted octanol–water partition coefficient (Wildman–Crippen LogP) is 2.05. The summed E-state index contributed by atoms with van der Waals surface area (Å²) in [5.41, 5.74) is 5.66. The quantitative estimate of drug-likeness (QED) is 0.598. The zero-order chi connectivity index (χ0) is 19.4. The normalized spacial score (nSPS) is 31.3. The maximum Gasteiger partial charge on any atom is 0.254 e. The summed E-state index contributed by atoms with van der Waals surface area (Å²) < 4.78 is 5.45. The number of anilines is 2. The van der Waals surface area contributed by atoms with Gasteiger partial charge in [-0.3, -0.25) is 4.79 Å². The maximum absolute atomic E-state index is 11.8. The lowest BCUT2D eigenvalue weighted by atomic mass is 9.82. The molecule has 1 unspecified atom stereocenters. The van der Waals surface area contributed by atoms with Crippen molar-refractivity contribution in [2.75, 3.05) is 17.7 Å². The highest BCUT2D eigenvalue weighted by molar-refractivity contribution is 5.97. The predicted molar refractivity (Wildman–Crippen MR) is 104 cm³/mol. The van der Waals surface area contributed by atoms with Gasteiger partial charge in [0.1, 0.15) is 5.82 Å². The maximum atomic E-state index is 11.8. The molecule has 2 aliphatic carbocycles. The molecule has 150 valence electrons. The van der Waals surface area contributed by atoms with Crippen molar-refractivity contribution in [2.24, 2.45) is 5.73 Å². The van der Waals surface area contributed by atoms with E-state index in [0.29, 0.717) is 24.3 Å². The van der Waals surface area contributed by atoms with Gasteiger partial charge in [0.15, 0.2) is 0 Å². The molecule has 2 aliphatic rings. The van der Waals surface area contributed by atoms with Crippen LogP contribution < -0.4 is 16.4 Å². The number of rotatable bonds is 6. The Morgan fingerprint density at radius 3 is 2.70 bits per heavy atom. The molecule has 1 heterocycles. The number of ether oxygens (including phenoxy) is 1. The largest absolute Gasteiger partial charge is 0.393 e. The Morgan fingerprint density at radius 2 is 2.07 bits per heavy atom. The third-order valence-corrected chi connectivity index (χ3v) is 5.82. The molecule has 27 heavy (non-hydrogen) atoms. The third-order valence-electron chi connectivity index (χ3n) is 5.82. The average Bonchev–Trinajstić information content (AvgIpc) is 2.62. The number of aromatic nitrogens is 2. The highest BCUT2D eigenvalue weighted by Crippen LogP contribution is 2.32. The molecule has 1 aromatic rings. The molecule has 8 heteroatoms. The number of hydrogen-bond donors (Lipinski definition) is 4. The summed E-state index contributed by atoms with van der Waals surface area (Å²) in [6, 6.07) is 0.0716. The van der Waals surface area contributed by atoms with Gasteiger partial charge in [-0.2, -0.15) is 4.98 Å². The SMILES string of the molecule is CO[C@H]1CC[C@](C)(Nc2ncc(C(N)=O)c(NC3CCC[C@H](O)C3)n2)CC1. The summed E-state index contributed by atoms with van der Waals surface area (Å²) in [6.07, 6.45) is 8.71. The number of carbonyl (C=O) groups excluding carboxylic acids is 1. The Labute approximate surface area is 160 Å². The first kappa shape index (κ1) is 19.8. The van der Waals surface area contributed by atoms with Gasteiger partial charge in [0.2, 0.25) is 5.95 Å². The van der Waals surface area contributed by atoms with Crippen molar-refractivity contribution in [3.8, 4) is 0 Å². The molecular formula is C19H31N5O3. The van der Waals surface area contributed by atoms with Gasteiger partial charge in [-0.05, 0) is 58.3 Å². The van der Waals surface area contributed by atoms with Crippen LogP contribution in [0.4, 0.5) is 11.8 Å². The molecule has 1 aromatic heterocycles. The summed E-state index contributed by atoms with van der Waals surface area (Å²) in [7, 11) is 1.76. The summed E-state index contributed by atoms with van der Waals surface area (Å²) in [5, 5.41) is 16.6. The molecule has 0 bridgehead atoms. The lowest BCUT2D eigenvalue weighted by Gasteiger charge is -2.37. The Hall–Kier alpha value is -1.93. The molecule has 2 saturated carbocycles. The van der Waals surface area contributed by atoms with Gasteiger partial charge in [0, 0.05) is 24.9 Å². The lowest BCUT2D eigenvalue weighted by Crippen LogP contribution is -2.41. The number of nitrogens with one attached hydrogen (secondary N) is 2. The van der Waals surface area contributed by atoms with E-state index in [1.807, 2.05) is 0 Å². The van der Waals surface area contributed by atoms with Crippen LogP contribution in [-0.4, -0.2) is 51.9 Å². The van der Waals surface area contributed by atoms with Crippen LogP contribution in [0.5, 0.6) is 0 Å². The third kappa shape index (κ3) is 5.07. The molecule has 0 spiro atoms. The van der Waals surface area contributed by atoms with Gasteiger partial charge in [-0.25, -0.2) is 4.98 Å². The fourth-order valence-corrected chi connectivity index (χ4v) is 4.08. The van der Waals surface area contributed by atoms with E-state index < -0.39 is 5.91 Å². The number of aliphatic hydroxyl groups is 1. The smallest absolute Gasteiger partial charge is 0.254 e. The van der Waals surface area contributed by atoms with Gasteiger partial charge >= 0.3 is 0 Å². The number of carbonyl (C=O) groups is 1. The Balaban J connectivity index is 1.74. The second-order valence-corrected chi connectivity index (χ2v) is 8.10. The molecule has 3 rings (SSSR count). The molecule has 0 aliphatic heterocycles. The summed E-state index contributed by atoms with van der Waals surface area (Å²) in [4.78, 5) is 20.6. The van der Waals surface area contributed by atoms with Crippen LogP contribution >= 0.6 is 0 Å².